The third-order valence-electron chi connectivity index (χ3n) is 1.96. The maximum absolute atomic E-state index is 6.90. The highest BCUT2D eigenvalue weighted by Crippen LogP contribution is 2.43. The molecule has 1 fully saturated rings. The molecule has 0 radical (unpaired) electrons. The smallest absolute Gasteiger partial charge is 0.0558 e. The molecule has 0 amide bonds. The highest BCUT2D eigenvalue weighted by molar-refractivity contribution is 6.32. The van der Waals surface area contributed by atoms with Gasteiger partial charge in [-0.05, 0) is 12.3 Å². The van der Waals surface area contributed by atoms with E-state index >= 15 is 0 Å². The number of hydrogen-bond donors (Lipinski definition) is 1. The van der Waals surface area contributed by atoms with Crippen LogP contribution < -0.4 is 0 Å². The molecule has 0 aromatic heterocycles. The maximum atomic E-state index is 6.90. The van der Waals surface area contributed by atoms with E-state index in [4.69, 9.17) is 5.41 Å². The van der Waals surface area contributed by atoms with Gasteiger partial charge in [0.2, 0.25) is 0 Å². The first-order valence-electron chi connectivity index (χ1n) is 2.96. The zero-order valence-corrected chi connectivity index (χ0v) is 4.59. The minimum Gasteiger partial charge on any atom is -0.307 e. The van der Waals surface area contributed by atoms with E-state index in [9.17, 15) is 0 Å². The lowest BCUT2D eigenvalue weighted by Crippen LogP contribution is -1.97. The van der Waals surface area contributed by atoms with Crippen molar-refractivity contribution < 1.29 is 0 Å². The number of nitrogens with zero attached hydrogens (tertiary/aromatic N) is 1. The monoisotopic (exact) mass is 108 g/mol. The topological polar surface area (TPSA) is 36.2 Å². The Hall–Kier alpha value is -0.660. The van der Waals surface area contributed by atoms with Gasteiger partial charge in [-0.15, -0.1) is 0 Å². The fraction of sp³-hybridized carbons (Fsp3) is 0.667. The molecule has 0 saturated heterocycles. The van der Waals surface area contributed by atoms with Crippen molar-refractivity contribution in [3.63, 3.8) is 0 Å². The number of aliphatic imine (C=N–C) groups is 1. The average Bonchev–Trinajstić information content (AvgIpc) is 2.46. The SMILES string of the molecule is N=CC1=NC[C@@H]2C[C@@H]12. The van der Waals surface area contributed by atoms with Crippen molar-refractivity contribution in [1.82, 2.24) is 0 Å². The molecule has 0 unspecified atom stereocenters. The second-order valence-corrected chi connectivity index (χ2v) is 2.51. The first-order valence-corrected chi connectivity index (χ1v) is 2.96. The summed E-state index contributed by atoms with van der Waals surface area (Å²) in [6, 6.07) is 0. The largest absolute Gasteiger partial charge is 0.307 e. The summed E-state index contributed by atoms with van der Waals surface area (Å²) in [4.78, 5) is 4.16. The summed E-state index contributed by atoms with van der Waals surface area (Å²) >= 11 is 0. The molecule has 42 valence electrons. The molecule has 1 N–H and O–H groups in total. The van der Waals surface area contributed by atoms with Crippen LogP contribution in [0.4, 0.5) is 0 Å². The lowest BCUT2D eigenvalue weighted by molar-refractivity contribution is 0.864. The van der Waals surface area contributed by atoms with Crippen LogP contribution in [0, 0.1) is 17.2 Å². The molecule has 8 heavy (non-hydrogen) atoms. The summed E-state index contributed by atoms with van der Waals surface area (Å²) in [7, 11) is 0. The minimum atomic E-state index is 0.701. The highest BCUT2D eigenvalue weighted by Gasteiger charge is 2.43. The lowest BCUT2D eigenvalue weighted by Gasteiger charge is -1.84. The molecule has 1 aliphatic carbocycles. The van der Waals surface area contributed by atoms with Crippen molar-refractivity contribution >= 4 is 11.9 Å². The van der Waals surface area contributed by atoms with Gasteiger partial charge in [0.05, 0.1) is 5.71 Å². The van der Waals surface area contributed by atoms with Crippen LogP contribution in [0.1, 0.15) is 6.42 Å². The fourth-order valence-electron chi connectivity index (χ4n) is 1.30. The summed E-state index contributed by atoms with van der Waals surface area (Å²) in [5, 5.41) is 6.90. The third kappa shape index (κ3) is 0.377. The number of fused-ring (bicyclic) bond motifs is 1. The Morgan fingerprint density at radius 2 is 2.62 bits per heavy atom. The summed E-state index contributed by atoms with van der Waals surface area (Å²) < 4.78 is 0. The van der Waals surface area contributed by atoms with E-state index in [1.54, 1.807) is 0 Å². The molecule has 2 nitrogen and oxygen atoms in total. The van der Waals surface area contributed by atoms with Crippen molar-refractivity contribution in [2.75, 3.05) is 6.54 Å². The standard InChI is InChI=1S/C6H8N2/c7-2-6-5-1-4(5)3-8-6/h2,4-5,7H,1,3H2/t4-,5+/m0/s1. The lowest BCUT2D eigenvalue weighted by atomic mass is 10.3. The van der Waals surface area contributed by atoms with E-state index in [1.807, 2.05) is 0 Å². The second-order valence-electron chi connectivity index (χ2n) is 2.51. The van der Waals surface area contributed by atoms with E-state index < -0.39 is 0 Å². The molecule has 1 heterocycles. The van der Waals surface area contributed by atoms with Crippen LogP contribution in [0.3, 0.4) is 0 Å². The molecule has 1 saturated carbocycles. The van der Waals surface area contributed by atoms with Crippen LogP contribution in [-0.2, 0) is 0 Å². The van der Waals surface area contributed by atoms with Gasteiger partial charge in [-0.3, -0.25) is 4.99 Å². The van der Waals surface area contributed by atoms with Gasteiger partial charge in [0.1, 0.15) is 0 Å². The predicted molar refractivity (Wildman–Crippen MR) is 32.7 cm³/mol. The Kier molecular flexibility index (Phi) is 0.629. The molecule has 0 bridgehead atoms. The summed E-state index contributed by atoms with van der Waals surface area (Å²) in [5.74, 6) is 1.54. The molecule has 0 aromatic rings. The van der Waals surface area contributed by atoms with Gasteiger partial charge in [-0.1, -0.05) is 0 Å². The van der Waals surface area contributed by atoms with E-state index in [0.717, 1.165) is 18.2 Å². The Morgan fingerprint density at radius 1 is 1.75 bits per heavy atom. The van der Waals surface area contributed by atoms with Crippen molar-refractivity contribution in [1.29, 1.82) is 5.41 Å². The van der Waals surface area contributed by atoms with Crippen LogP contribution in [0.15, 0.2) is 4.99 Å². The normalized spacial score (nSPS) is 40.8. The zero-order chi connectivity index (χ0) is 5.56. The maximum Gasteiger partial charge on any atom is 0.0558 e. The molecule has 2 rings (SSSR count). The first kappa shape index (κ1) is 4.24. The van der Waals surface area contributed by atoms with Gasteiger partial charge in [-0.25, -0.2) is 0 Å². The third-order valence-corrected chi connectivity index (χ3v) is 1.96. The van der Waals surface area contributed by atoms with Gasteiger partial charge in [0.15, 0.2) is 0 Å². The zero-order valence-electron chi connectivity index (χ0n) is 4.59. The number of nitrogens with one attached hydrogen (secondary N) is 1. The van der Waals surface area contributed by atoms with E-state index in [-0.39, 0.29) is 0 Å². The van der Waals surface area contributed by atoms with E-state index in [0.29, 0.717) is 5.92 Å². The van der Waals surface area contributed by atoms with Gasteiger partial charge in [-0.2, -0.15) is 0 Å². The Balaban J connectivity index is 2.22. The van der Waals surface area contributed by atoms with E-state index in [2.05, 4.69) is 4.99 Å². The predicted octanol–water partition coefficient (Wildman–Crippen LogP) is 0.727. The van der Waals surface area contributed by atoms with Gasteiger partial charge >= 0.3 is 0 Å². The van der Waals surface area contributed by atoms with Crippen molar-refractivity contribution in [3.8, 4) is 0 Å². The minimum absolute atomic E-state index is 0.701. The van der Waals surface area contributed by atoms with Crippen LogP contribution in [0.25, 0.3) is 0 Å². The highest BCUT2D eigenvalue weighted by atomic mass is 14.9. The Labute approximate surface area is 48.1 Å². The molecule has 0 spiro atoms. The molecule has 2 atom stereocenters. The number of hydrogen-bond acceptors (Lipinski definition) is 2. The second kappa shape index (κ2) is 1.19. The van der Waals surface area contributed by atoms with Crippen molar-refractivity contribution in [3.05, 3.63) is 0 Å². The van der Waals surface area contributed by atoms with E-state index in [1.165, 1.54) is 12.6 Å². The molecule has 0 aromatic carbocycles. The first-order chi connectivity index (χ1) is 3.92. The van der Waals surface area contributed by atoms with Gasteiger partial charge in [0, 0.05) is 18.7 Å². The average molecular weight is 108 g/mol. The quantitative estimate of drug-likeness (QED) is 0.481. The van der Waals surface area contributed by atoms with Gasteiger partial charge in [0.25, 0.3) is 0 Å². The van der Waals surface area contributed by atoms with Crippen LogP contribution in [-0.4, -0.2) is 18.5 Å². The fourth-order valence-corrected chi connectivity index (χ4v) is 1.30. The van der Waals surface area contributed by atoms with Crippen LogP contribution in [0.5, 0.6) is 0 Å². The molecular formula is C6H8N2. The molecule has 2 aliphatic rings. The van der Waals surface area contributed by atoms with Gasteiger partial charge < -0.3 is 5.41 Å². The summed E-state index contributed by atoms with van der Waals surface area (Å²) in [6.45, 7) is 0.995. The van der Waals surface area contributed by atoms with Crippen molar-refractivity contribution in [2.24, 2.45) is 16.8 Å². The Bertz CT molecular complexity index is 160. The molecular weight excluding hydrogens is 100 g/mol. The number of rotatable bonds is 1. The van der Waals surface area contributed by atoms with Crippen molar-refractivity contribution in [2.45, 2.75) is 6.42 Å². The van der Waals surface area contributed by atoms with Crippen LogP contribution in [0.2, 0.25) is 0 Å². The summed E-state index contributed by atoms with van der Waals surface area (Å²) in [6.07, 6.45) is 2.70. The van der Waals surface area contributed by atoms with Crippen LogP contribution >= 0.6 is 0 Å². The summed E-state index contributed by atoms with van der Waals surface area (Å²) in [5.41, 5.74) is 1.04. The Morgan fingerprint density at radius 3 is 2.88 bits per heavy atom. The molecule has 2 heteroatoms. The molecule has 1 aliphatic heterocycles.